The SMILES string of the molecule is O=C(CCSc1ccccc1F)NC1CCN(C(=O)c2ccoc2)CC1. The maximum atomic E-state index is 13.5. The monoisotopic (exact) mass is 376 g/mol. The van der Waals surface area contributed by atoms with Crippen LogP contribution >= 0.6 is 11.8 Å². The molecule has 1 saturated heterocycles. The Kier molecular flexibility index (Phi) is 6.33. The van der Waals surface area contributed by atoms with E-state index in [9.17, 15) is 14.0 Å². The minimum absolute atomic E-state index is 0.0338. The van der Waals surface area contributed by atoms with Gasteiger partial charge in [0, 0.05) is 36.2 Å². The summed E-state index contributed by atoms with van der Waals surface area (Å²) >= 11 is 1.34. The molecule has 0 radical (unpaired) electrons. The van der Waals surface area contributed by atoms with E-state index in [4.69, 9.17) is 4.42 Å². The first-order valence-corrected chi connectivity index (χ1v) is 9.60. The Morgan fingerprint density at radius 1 is 1.23 bits per heavy atom. The molecule has 1 aliphatic rings. The van der Waals surface area contributed by atoms with Crippen molar-refractivity contribution in [2.75, 3.05) is 18.8 Å². The van der Waals surface area contributed by atoms with Gasteiger partial charge in [0.15, 0.2) is 0 Å². The van der Waals surface area contributed by atoms with Crippen LogP contribution in [0.15, 0.2) is 52.2 Å². The van der Waals surface area contributed by atoms with Gasteiger partial charge in [-0.05, 0) is 31.0 Å². The third kappa shape index (κ3) is 4.88. The summed E-state index contributed by atoms with van der Waals surface area (Å²) in [6.45, 7) is 1.22. The number of rotatable bonds is 6. The van der Waals surface area contributed by atoms with Gasteiger partial charge in [0.25, 0.3) is 5.91 Å². The lowest BCUT2D eigenvalue weighted by Gasteiger charge is -2.32. The highest BCUT2D eigenvalue weighted by Crippen LogP contribution is 2.22. The zero-order chi connectivity index (χ0) is 18.4. The fraction of sp³-hybridized carbons (Fsp3) is 0.368. The van der Waals surface area contributed by atoms with E-state index in [0.717, 1.165) is 12.8 Å². The number of thioether (sulfide) groups is 1. The molecule has 1 fully saturated rings. The van der Waals surface area contributed by atoms with Gasteiger partial charge in [-0.2, -0.15) is 0 Å². The summed E-state index contributed by atoms with van der Waals surface area (Å²) in [4.78, 5) is 26.7. The quantitative estimate of drug-likeness (QED) is 0.786. The maximum absolute atomic E-state index is 13.5. The van der Waals surface area contributed by atoms with Crippen molar-refractivity contribution < 1.29 is 18.4 Å². The molecule has 5 nitrogen and oxygen atoms in total. The number of benzene rings is 1. The summed E-state index contributed by atoms with van der Waals surface area (Å²) < 4.78 is 18.5. The summed E-state index contributed by atoms with van der Waals surface area (Å²) in [5.41, 5.74) is 0.553. The Balaban J connectivity index is 1.37. The van der Waals surface area contributed by atoms with Gasteiger partial charge < -0.3 is 14.6 Å². The molecule has 0 bridgehead atoms. The number of hydrogen-bond acceptors (Lipinski definition) is 4. The van der Waals surface area contributed by atoms with E-state index < -0.39 is 0 Å². The molecule has 1 aromatic carbocycles. The minimum Gasteiger partial charge on any atom is -0.472 e. The molecule has 1 aliphatic heterocycles. The average Bonchev–Trinajstić information content (AvgIpc) is 3.18. The van der Waals surface area contributed by atoms with Crippen LogP contribution in [0.2, 0.25) is 0 Å². The van der Waals surface area contributed by atoms with Gasteiger partial charge in [-0.15, -0.1) is 11.8 Å². The number of piperidine rings is 1. The number of furan rings is 1. The number of likely N-dealkylation sites (tertiary alicyclic amines) is 1. The standard InChI is InChI=1S/C19H21FN2O3S/c20-16-3-1-2-4-17(16)26-12-8-18(23)21-15-5-9-22(10-6-15)19(24)14-7-11-25-13-14/h1-4,7,11,13,15H,5-6,8-10,12H2,(H,21,23). The second-order valence-corrected chi connectivity index (χ2v) is 7.31. The van der Waals surface area contributed by atoms with Crippen molar-refractivity contribution >= 4 is 23.6 Å². The minimum atomic E-state index is -0.257. The number of nitrogens with one attached hydrogen (secondary N) is 1. The van der Waals surface area contributed by atoms with E-state index >= 15 is 0 Å². The molecule has 0 spiro atoms. The second-order valence-electron chi connectivity index (χ2n) is 6.17. The molecule has 138 valence electrons. The predicted molar refractivity (Wildman–Crippen MR) is 97.5 cm³/mol. The average molecular weight is 376 g/mol. The van der Waals surface area contributed by atoms with Crippen LogP contribution < -0.4 is 5.32 Å². The van der Waals surface area contributed by atoms with Crippen molar-refractivity contribution in [3.05, 3.63) is 54.2 Å². The van der Waals surface area contributed by atoms with E-state index in [1.807, 2.05) is 0 Å². The molecule has 2 amide bonds. The van der Waals surface area contributed by atoms with E-state index in [1.165, 1.54) is 30.4 Å². The number of carbonyl (C=O) groups is 2. The van der Waals surface area contributed by atoms with Crippen LogP contribution in [0.3, 0.4) is 0 Å². The first-order valence-electron chi connectivity index (χ1n) is 8.61. The van der Waals surface area contributed by atoms with Crippen LogP contribution in [-0.2, 0) is 4.79 Å². The smallest absolute Gasteiger partial charge is 0.257 e. The van der Waals surface area contributed by atoms with Gasteiger partial charge in [-0.25, -0.2) is 4.39 Å². The van der Waals surface area contributed by atoms with Crippen LogP contribution in [0.5, 0.6) is 0 Å². The Morgan fingerprint density at radius 3 is 2.69 bits per heavy atom. The molecule has 2 heterocycles. The molecule has 0 atom stereocenters. The lowest BCUT2D eigenvalue weighted by molar-refractivity contribution is -0.121. The first-order chi connectivity index (χ1) is 12.6. The van der Waals surface area contributed by atoms with Gasteiger partial charge in [0.1, 0.15) is 12.1 Å². The summed E-state index contributed by atoms with van der Waals surface area (Å²) in [6, 6.07) is 8.30. The number of carbonyl (C=O) groups excluding carboxylic acids is 2. The van der Waals surface area contributed by atoms with E-state index in [2.05, 4.69) is 5.32 Å². The molecule has 1 aromatic heterocycles. The molecular weight excluding hydrogens is 355 g/mol. The van der Waals surface area contributed by atoms with Gasteiger partial charge in [-0.1, -0.05) is 12.1 Å². The van der Waals surface area contributed by atoms with Crippen LogP contribution in [0.25, 0.3) is 0 Å². The van der Waals surface area contributed by atoms with Gasteiger partial charge in [-0.3, -0.25) is 9.59 Å². The molecular formula is C19H21FN2O3S. The fourth-order valence-corrected chi connectivity index (χ4v) is 3.80. The maximum Gasteiger partial charge on any atom is 0.257 e. The van der Waals surface area contributed by atoms with Crippen molar-refractivity contribution in [3.8, 4) is 0 Å². The normalized spacial score (nSPS) is 15.0. The Labute approximate surface area is 155 Å². The summed E-state index contributed by atoms with van der Waals surface area (Å²) in [6.07, 6.45) is 4.74. The highest BCUT2D eigenvalue weighted by molar-refractivity contribution is 7.99. The molecule has 3 rings (SSSR count). The zero-order valence-corrected chi connectivity index (χ0v) is 15.1. The van der Waals surface area contributed by atoms with Crippen LogP contribution in [0, 0.1) is 5.82 Å². The molecule has 2 aromatic rings. The van der Waals surface area contributed by atoms with Crippen molar-refractivity contribution in [2.24, 2.45) is 0 Å². The Hall–Kier alpha value is -2.28. The molecule has 1 N–H and O–H groups in total. The molecule has 0 aliphatic carbocycles. The number of nitrogens with zero attached hydrogens (tertiary/aromatic N) is 1. The van der Waals surface area contributed by atoms with Crippen LogP contribution in [-0.4, -0.2) is 41.6 Å². The van der Waals surface area contributed by atoms with Crippen molar-refractivity contribution in [2.45, 2.75) is 30.2 Å². The first kappa shape index (κ1) is 18.5. The highest BCUT2D eigenvalue weighted by Gasteiger charge is 2.24. The van der Waals surface area contributed by atoms with Crippen molar-refractivity contribution in [1.29, 1.82) is 0 Å². The van der Waals surface area contributed by atoms with Gasteiger partial charge in [0.2, 0.25) is 5.91 Å². The number of amides is 2. The largest absolute Gasteiger partial charge is 0.472 e. The van der Waals surface area contributed by atoms with Crippen molar-refractivity contribution in [1.82, 2.24) is 10.2 Å². The van der Waals surface area contributed by atoms with Gasteiger partial charge >= 0.3 is 0 Å². The molecule has 0 unspecified atom stereocenters. The van der Waals surface area contributed by atoms with E-state index in [0.29, 0.717) is 35.7 Å². The van der Waals surface area contributed by atoms with Crippen molar-refractivity contribution in [3.63, 3.8) is 0 Å². The highest BCUT2D eigenvalue weighted by atomic mass is 32.2. The second kappa shape index (κ2) is 8.89. The third-order valence-corrected chi connectivity index (χ3v) is 5.39. The summed E-state index contributed by atoms with van der Waals surface area (Å²) in [7, 11) is 0. The topological polar surface area (TPSA) is 62.6 Å². The summed E-state index contributed by atoms with van der Waals surface area (Å²) in [5.74, 6) is 0.204. The number of hydrogen-bond donors (Lipinski definition) is 1. The Morgan fingerprint density at radius 2 is 2.00 bits per heavy atom. The lowest BCUT2D eigenvalue weighted by Crippen LogP contribution is -2.46. The molecule has 7 heteroatoms. The fourth-order valence-electron chi connectivity index (χ4n) is 2.91. The Bertz CT molecular complexity index is 743. The number of halogens is 1. The molecule has 26 heavy (non-hydrogen) atoms. The lowest BCUT2D eigenvalue weighted by atomic mass is 10.0. The van der Waals surface area contributed by atoms with E-state index in [1.54, 1.807) is 29.2 Å². The predicted octanol–water partition coefficient (Wildman–Crippen LogP) is 3.32. The third-order valence-electron chi connectivity index (χ3n) is 4.34. The zero-order valence-electron chi connectivity index (χ0n) is 14.3. The summed E-state index contributed by atoms with van der Waals surface area (Å²) in [5, 5.41) is 3.01. The van der Waals surface area contributed by atoms with E-state index in [-0.39, 0.29) is 23.7 Å². The van der Waals surface area contributed by atoms with Crippen LogP contribution in [0.1, 0.15) is 29.6 Å². The molecule has 0 saturated carbocycles. The van der Waals surface area contributed by atoms with Gasteiger partial charge in [0.05, 0.1) is 11.8 Å². The van der Waals surface area contributed by atoms with Crippen LogP contribution in [0.4, 0.5) is 4.39 Å².